The number of anilines is 3. The first-order valence-electron chi connectivity index (χ1n) is 7.35. The normalized spacial score (nSPS) is 10.5. The van der Waals surface area contributed by atoms with E-state index in [0.717, 1.165) is 30.5 Å². The molecule has 0 bridgehead atoms. The number of benzene rings is 1. The van der Waals surface area contributed by atoms with Gasteiger partial charge in [0.15, 0.2) is 5.13 Å². The van der Waals surface area contributed by atoms with Crippen molar-refractivity contribution >= 4 is 27.8 Å². The molecule has 1 N–H and O–H groups in total. The maximum Gasteiger partial charge on any atom is 0.185 e. The van der Waals surface area contributed by atoms with Crippen molar-refractivity contribution in [3.63, 3.8) is 0 Å². The minimum Gasteiger partial charge on any atom is -0.378 e. The first kappa shape index (κ1) is 15.6. The second kappa shape index (κ2) is 7.31. The minimum atomic E-state index is 0.809. The maximum atomic E-state index is 4.52. The Morgan fingerprint density at radius 1 is 1.14 bits per heavy atom. The molecule has 0 atom stereocenters. The van der Waals surface area contributed by atoms with Crippen LogP contribution < -0.4 is 15.1 Å². The largest absolute Gasteiger partial charge is 0.378 e. The van der Waals surface area contributed by atoms with Crippen molar-refractivity contribution < 1.29 is 0 Å². The highest BCUT2D eigenvalue weighted by Crippen LogP contribution is 2.26. The van der Waals surface area contributed by atoms with Gasteiger partial charge >= 0.3 is 0 Å². The van der Waals surface area contributed by atoms with Gasteiger partial charge in [-0.2, -0.15) is 0 Å². The first-order chi connectivity index (χ1) is 10.2. The molecule has 0 fully saturated rings. The van der Waals surface area contributed by atoms with Gasteiger partial charge in [0.05, 0.1) is 17.9 Å². The lowest BCUT2D eigenvalue weighted by Gasteiger charge is -2.18. The SMILES string of the molecule is CCN(CC)c1ncc(CNc2ccccc2N(C)C)s1. The fourth-order valence-corrected chi connectivity index (χ4v) is 3.19. The summed E-state index contributed by atoms with van der Waals surface area (Å²) in [6.45, 7) is 7.14. The van der Waals surface area contributed by atoms with E-state index in [9.17, 15) is 0 Å². The van der Waals surface area contributed by atoms with Gasteiger partial charge in [0.1, 0.15) is 0 Å². The van der Waals surface area contributed by atoms with Crippen LogP contribution in [0.1, 0.15) is 18.7 Å². The average Bonchev–Trinajstić information content (AvgIpc) is 2.95. The lowest BCUT2D eigenvalue weighted by molar-refractivity contribution is 0.860. The summed E-state index contributed by atoms with van der Waals surface area (Å²) in [6, 6.07) is 8.35. The van der Waals surface area contributed by atoms with Crippen molar-refractivity contribution in [1.82, 2.24) is 4.98 Å². The van der Waals surface area contributed by atoms with Crippen LogP contribution in [0, 0.1) is 0 Å². The molecule has 2 rings (SSSR count). The average molecular weight is 304 g/mol. The molecule has 5 heteroatoms. The molecule has 1 aromatic heterocycles. The topological polar surface area (TPSA) is 31.4 Å². The van der Waals surface area contributed by atoms with Crippen molar-refractivity contribution in [3.8, 4) is 0 Å². The van der Waals surface area contributed by atoms with Gasteiger partial charge in [-0.05, 0) is 26.0 Å². The van der Waals surface area contributed by atoms with Crippen molar-refractivity contribution in [2.24, 2.45) is 0 Å². The highest BCUT2D eigenvalue weighted by atomic mass is 32.1. The fraction of sp³-hybridized carbons (Fsp3) is 0.438. The van der Waals surface area contributed by atoms with Crippen LogP contribution >= 0.6 is 11.3 Å². The lowest BCUT2D eigenvalue weighted by atomic mass is 10.2. The van der Waals surface area contributed by atoms with Gasteiger partial charge < -0.3 is 15.1 Å². The van der Waals surface area contributed by atoms with E-state index in [1.807, 2.05) is 6.20 Å². The number of nitrogens with one attached hydrogen (secondary N) is 1. The molecule has 1 heterocycles. The predicted molar refractivity (Wildman–Crippen MR) is 93.8 cm³/mol. The van der Waals surface area contributed by atoms with E-state index < -0.39 is 0 Å². The minimum absolute atomic E-state index is 0.809. The van der Waals surface area contributed by atoms with Gasteiger partial charge in [-0.1, -0.05) is 12.1 Å². The molecule has 0 spiro atoms. The molecule has 1 aromatic carbocycles. The standard InChI is InChI=1S/C16H24N4S/c1-5-20(6-2)16-18-12-13(21-16)11-17-14-9-7-8-10-15(14)19(3)4/h7-10,12,17H,5-6,11H2,1-4H3. The number of hydrogen-bond donors (Lipinski definition) is 1. The molecule has 0 aliphatic rings. The van der Waals surface area contributed by atoms with Crippen LogP contribution in [0.25, 0.3) is 0 Å². The number of para-hydroxylation sites is 2. The third-order valence-electron chi connectivity index (χ3n) is 3.41. The van der Waals surface area contributed by atoms with Gasteiger partial charge in [-0.3, -0.25) is 0 Å². The summed E-state index contributed by atoms with van der Waals surface area (Å²) >= 11 is 1.76. The molecule has 4 nitrogen and oxygen atoms in total. The maximum absolute atomic E-state index is 4.52. The monoisotopic (exact) mass is 304 g/mol. The summed E-state index contributed by atoms with van der Waals surface area (Å²) in [4.78, 5) is 10.2. The molecule has 0 aliphatic heterocycles. The second-order valence-corrected chi connectivity index (χ2v) is 6.14. The number of hydrogen-bond acceptors (Lipinski definition) is 5. The van der Waals surface area contributed by atoms with Crippen molar-refractivity contribution in [1.29, 1.82) is 0 Å². The van der Waals surface area contributed by atoms with Crippen molar-refractivity contribution in [2.75, 3.05) is 42.3 Å². The Balaban J connectivity index is 2.04. The molecule has 2 aromatic rings. The molecule has 0 saturated heterocycles. The summed E-state index contributed by atoms with van der Waals surface area (Å²) in [7, 11) is 4.12. The second-order valence-electron chi connectivity index (χ2n) is 5.05. The number of thiazole rings is 1. The summed E-state index contributed by atoms with van der Waals surface area (Å²) in [6.07, 6.45) is 1.98. The Labute approximate surface area is 131 Å². The van der Waals surface area contributed by atoms with E-state index in [1.165, 1.54) is 10.6 Å². The Bertz CT molecular complexity index is 561. The zero-order valence-electron chi connectivity index (χ0n) is 13.3. The van der Waals surface area contributed by atoms with Gasteiger partial charge in [0.25, 0.3) is 0 Å². The van der Waals surface area contributed by atoms with Gasteiger partial charge in [0, 0.05) is 38.3 Å². The lowest BCUT2D eigenvalue weighted by Crippen LogP contribution is -2.21. The van der Waals surface area contributed by atoms with Crippen molar-refractivity contribution in [2.45, 2.75) is 20.4 Å². The number of aromatic nitrogens is 1. The van der Waals surface area contributed by atoms with Crippen LogP contribution in [-0.2, 0) is 6.54 Å². The summed E-state index contributed by atoms with van der Waals surface area (Å²) in [5.74, 6) is 0. The zero-order valence-corrected chi connectivity index (χ0v) is 14.1. The highest BCUT2D eigenvalue weighted by Gasteiger charge is 2.08. The summed E-state index contributed by atoms with van der Waals surface area (Å²) in [5, 5.41) is 4.62. The highest BCUT2D eigenvalue weighted by molar-refractivity contribution is 7.15. The van der Waals surface area contributed by atoms with Crippen LogP contribution in [0.3, 0.4) is 0 Å². The third kappa shape index (κ3) is 3.88. The summed E-state index contributed by atoms with van der Waals surface area (Å²) in [5.41, 5.74) is 2.35. The van der Waals surface area contributed by atoms with E-state index >= 15 is 0 Å². The Morgan fingerprint density at radius 2 is 1.86 bits per heavy atom. The Kier molecular flexibility index (Phi) is 5.44. The van der Waals surface area contributed by atoms with Gasteiger partial charge in [-0.25, -0.2) is 4.98 Å². The first-order valence-corrected chi connectivity index (χ1v) is 8.17. The Hall–Kier alpha value is -1.75. The van der Waals surface area contributed by atoms with Crippen LogP contribution in [-0.4, -0.2) is 32.2 Å². The van der Waals surface area contributed by atoms with E-state index in [0.29, 0.717) is 0 Å². The predicted octanol–water partition coefficient (Wildman–Crippen LogP) is 3.67. The molecule has 114 valence electrons. The molecule has 0 radical (unpaired) electrons. The quantitative estimate of drug-likeness (QED) is 0.846. The van der Waals surface area contributed by atoms with Crippen LogP contribution in [0.4, 0.5) is 16.5 Å². The molecular weight excluding hydrogens is 280 g/mol. The zero-order chi connectivity index (χ0) is 15.2. The third-order valence-corrected chi connectivity index (χ3v) is 4.47. The van der Waals surface area contributed by atoms with Crippen LogP contribution in [0.5, 0.6) is 0 Å². The van der Waals surface area contributed by atoms with Gasteiger partial charge in [-0.15, -0.1) is 11.3 Å². The molecule has 0 unspecified atom stereocenters. The smallest absolute Gasteiger partial charge is 0.185 e. The van der Waals surface area contributed by atoms with Crippen LogP contribution in [0.2, 0.25) is 0 Å². The van der Waals surface area contributed by atoms with E-state index in [1.54, 1.807) is 11.3 Å². The molecular formula is C16H24N4S. The number of rotatable bonds is 7. The van der Waals surface area contributed by atoms with E-state index in [4.69, 9.17) is 0 Å². The molecule has 0 saturated carbocycles. The number of nitrogens with zero attached hydrogens (tertiary/aromatic N) is 3. The van der Waals surface area contributed by atoms with Crippen LogP contribution in [0.15, 0.2) is 30.5 Å². The Morgan fingerprint density at radius 3 is 2.52 bits per heavy atom. The summed E-state index contributed by atoms with van der Waals surface area (Å²) < 4.78 is 0. The van der Waals surface area contributed by atoms with Gasteiger partial charge in [0.2, 0.25) is 0 Å². The van der Waals surface area contributed by atoms with E-state index in [2.05, 4.69) is 72.3 Å². The van der Waals surface area contributed by atoms with E-state index in [-0.39, 0.29) is 0 Å². The van der Waals surface area contributed by atoms with Crippen molar-refractivity contribution in [3.05, 3.63) is 35.3 Å². The molecule has 21 heavy (non-hydrogen) atoms. The molecule has 0 aliphatic carbocycles. The molecule has 0 amide bonds. The fourth-order valence-electron chi connectivity index (χ4n) is 2.21.